The number of rotatable bonds is 4. The number of anilines is 1. The molecule has 0 spiro atoms. The number of piperidine rings is 1. The van der Waals surface area contributed by atoms with Gasteiger partial charge in [0, 0.05) is 49.4 Å². The van der Waals surface area contributed by atoms with Crippen molar-refractivity contribution in [3.63, 3.8) is 0 Å². The van der Waals surface area contributed by atoms with Gasteiger partial charge in [0.15, 0.2) is 11.3 Å². The summed E-state index contributed by atoms with van der Waals surface area (Å²) in [6.07, 6.45) is 7.53. The summed E-state index contributed by atoms with van der Waals surface area (Å²) in [5.41, 5.74) is 2.74. The fraction of sp³-hybridized carbons (Fsp3) is 0.368. The van der Waals surface area contributed by atoms with Crippen molar-refractivity contribution in [3.05, 3.63) is 48.5 Å². The van der Waals surface area contributed by atoms with Crippen LogP contribution in [0.5, 0.6) is 5.88 Å². The lowest BCUT2D eigenvalue weighted by Crippen LogP contribution is -2.36. The monoisotopic (exact) mass is 363 g/mol. The summed E-state index contributed by atoms with van der Waals surface area (Å²) in [5.74, 6) is 2.29. The molecule has 0 unspecified atom stereocenters. The van der Waals surface area contributed by atoms with E-state index in [1.807, 2.05) is 35.8 Å². The summed E-state index contributed by atoms with van der Waals surface area (Å²) in [6.45, 7) is 4.69. The van der Waals surface area contributed by atoms with Gasteiger partial charge in [-0.05, 0) is 31.7 Å². The number of hydrogen-bond donors (Lipinski definition) is 0. The van der Waals surface area contributed by atoms with E-state index in [0.717, 1.165) is 48.7 Å². The van der Waals surface area contributed by atoms with Crippen LogP contribution in [0, 0.1) is 12.8 Å². The van der Waals surface area contributed by atoms with Crippen LogP contribution in [0.4, 0.5) is 5.82 Å². The van der Waals surface area contributed by atoms with Gasteiger partial charge >= 0.3 is 0 Å². The fourth-order valence-corrected chi connectivity index (χ4v) is 3.65. The minimum atomic E-state index is 0.526. The van der Waals surface area contributed by atoms with Crippen LogP contribution >= 0.6 is 0 Å². The van der Waals surface area contributed by atoms with E-state index in [1.165, 1.54) is 0 Å². The van der Waals surface area contributed by atoms with Crippen molar-refractivity contribution in [2.45, 2.75) is 19.8 Å². The molecular formula is C19H21N7O. The topological polar surface area (TPSA) is 72.8 Å². The Bertz CT molecular complexity index is 1080. The Hall–Kier alpha value is -3.16. The summed E-state index contributed by atoms with van der Waals surface area (Å²) in [4.78, 5) is 11.1. The molecular weight excluding hydrogens is 342 g/mol. The average Bonchev–Trinajstić information content (AvgIpc) is 3.34. The molecule has 0 radical (unpaired) electrons. The number of ether oxygens (including phenoxy) is 1. The predicted molar refractivity (Wildman–Crippen MR) is 101 cm³/mol. The molecule has 4 aromatic rings. The molecule has 5 rings (SSSR count). The van der Waals surface area contributed by atoms with E-state index >= 15 is 0 Å². The maximum atomic E-state index is 5.94. The Morgan fingerprint density at radius 1 is 1.11 bits per heavy atom. The molecule has 0 bridgehead atoms. The normalized spacial score (nSPS) is 15.7. The average molecular weight is 363 g/mol. The SMILES string of the molecule is Cc1cc(N2CCC(COc3ccc4nccn4n3)CC2)n2nccc2n1. The summed E-state index contributed by atoms with van der Waals surface area (Å²) in [7, 11) is 0. The molecule has 1 aliphatic rings. The van der Waals surface area contributed by atoms with Crippen LogP contribution in [0.2, 0.25) is 0 Å². The maximum absolute atomic E-state index is 5.94. The molecule has 0 aliphatic carbocycles. The van der Waals surface area contributed by atoms with E-state index < -0.39 is 0 Å². The highest BCUT2D eigenvalue weighted by atomic mass is 16.5. The zero-order chi connectivity index (χ0) is 18.2. The van der Waals surface area contributed by atoms with Gasteiger partial charge in [-0.15, -0.1) is 5.10 Å². The Kier molecular flexibility index (Phi) is 3.88. The van der Waals surface area contributed by atoms with Gasteiger partial charge in [-0.2, -0.15) is 9.61 Å². The van der Waals surface area contributed by atoms with Crippen LogP contribution in [0.25, 0.3) is 11.3 Å². The molecule has 1 fully saturated rings. The van der Waals surface area contributed by atoms with Gasteiger partial charge in [-0.25, -0.2) is 14.5 Å². The Labute approximate surface area is 156 Å². The molecule has 8 nitrogen and oxygen atoms in total. The third-order valence-electron chi connectivity index (χ3n) is 5.10. The Morgan fingerprint density at radius 2 is 2.00 bits per heavy atom. The van der Waals surface area contributed by atoms with Gasteiger partial charge in [0.25, 0.3) is 0 Å². The Morgan fingerprint density at radius 3 is 2.89 bits per heavy atom. The fourth-order valence-electron chi connectivity index (χ4n) is 3.65. The smallest absolute Gasteiger partial charge is 0.231 e. The largest absolute Gasteiger partial charge is 0.476 e. The first-order valence-electron chi connectivity index (χ1n) is 9.26. The maximum Gasteiger partial charge on any atom is 0.231 e. The van der Waals surface area contributed by atoms with Crippen molar-refractivity contribution in [2.24, 2.45) is 5.92 Å². The lowest BCUT2D eigenvalue weighted by molar-refractivity contribution is 0.213. The molecule has 1 aliphatic heterocycles. The molecule has 4 aromatic heterocycles. The summed E-state index contributed by atoms with van der Waals surface area (Å²) < 4.78 is 9.59. The predicted octanol–water partition coefficient (Wildman–Crippen LogP) is 2.38. The molecule has 27 heavy (non-hydrogen) atoms. The highest BCUT2D eigenvalue weighted by Gasteiger charge is 2.22. The standard InChI is InChI=1S/C19H21N7O/c1-14-12-19(26-17(22-14)4-7-21-26)24-9-5-15(6-10-24)13-27-18-3-2-16-20-8-11-25(16)23-18/h2-4,7-8,11-12,15H,5-6,9-10,13H2,1H3. The lowest BCUT2D eigenvalue weighted by atomic mass is 9.98. The number of nitrogens with zero attached hydrogens (tertiary/aromatic N) is 7. The van der Waals surface area contributed by atoms with Gasteiger partial charge in [-0.1, -0.05) is 0 Å². The van der Waals surface area contributed by atoms with Crippen molar-refractivity contribution < 1.29 is 4.74 Å². The van der Waals surface area contributed by atoms with Crippen molar-refractivity contribution >= 4 is 17.1 Å². The van der Waals surface area contributed by atoms with Crippen LogP contribution < -0.4 is 9.64 Å². The number of fused-ring (bicyclic) bond motifs is 2. The zero-order valence-corrected chi connectivity index (χ0v) is 15.2. The minimum absolute atomic E-state index is 0.526. The first kappa shape index (κ1) is 16.0. The van der Waals surface area contributed by atoms with Gasteiger partial charge in [0.2, 0.25) is 5.88 Å². The van der Waals surface area contributed by atoms with Crippen molar-refractivity contribution in [2.75, 3.05) is 24.6 Å². The Balaban J connectivity index is 1.22. The van der Waals surface area contributed by atoms with Gasteiger partial charge < -0.3 is 9.64 Å². The van der Waals surface area contributed by atoms with E-state index in [9.17, 15) is 0 Å². The molecule has 8 heteroatoms. The molecule has 0 amide bonds. The summed E-state index contributed by atoms with van der Waals surface area (Å²) >= 11 is 0. The summed E-state index contributed by atoms with van der Waals surface area (Å²) in [5, 5.41) is 8.85. The summed E-state index contributed by atoms with van der Waals surface area (Å²) in [6, 6.07) is 7.86. The minimum Gasteiger partial charge on any atom is -0.476 e. The van der Waals surface area contributed by atoms with Crippen molar-refractivity contribution in [3.8, 4) is 5.88 Å². The number of aryl methyl sites for hydroxylation is 1. The molecule has 0 saturated carbocycles. The van der Waals surface area contributed by atoms with Crippen LogP contribution in [0.1, 0.15) is 18.5 Å². The van der Waals surface area contributed by atoms with Crippen LogP contribution in [-0.4, -0.2) is 48.9 Å². The molecule has 0 atom stereocenters. The van der Waals surface area contributed by atoms with E-state index in [1.54, 1.807) is 16.9 Å². The number of imidazole rings is 1. The molecule has 1 saturated heterocycles. The van der Waals surface area contributed by atoms with Gasteiger partial charge in [0.1, 0.15) is 5.82 Å². The molecule has 138 valence electrons. The second kappa shape index (κ2) is 6.53. The highest BCUT2D eigenvalue weighted by molar-refractivity contribution is 5.50. The second-order valence-corrected chi connectivity index (χ2v) is 7.00. The van der Waals surface area contributed by atoms with E-state index in [4.69, 9.17) is 4.74 Å². The molecule has 5 heterocycles. The molecule has 0 aromatic carbocycles. The second-order valence-electron chi connectivity index (χ2n) is 7.00. The third-order valence-corrected chi connectivity index (χ3v) is 5.10. The van der Waals surface area contributed by atoms with Crippen LogP contribution in [0.3, 0.4) is 0 Å². The van der Waals surface area contributed by atoms with Gasteiger partial charge in [0.05, 0.1) is 12.8 Å². The van der Waals surface area contributed by atoms with Crippen LogP contribution in [0.15, 0.2) is 42.9 Å². The quantitative estimate of drug-likeness (QED) is 0.554. The highest BCUT2D eigenvalue weighted by Crippen LogP contribution is 2.24. The molecule has 0 N–H and O–H groups in total. The number of aromatic nitrogens is 6. The van der Waals surface area contributed by atoms with Crippen molar-refractivity contribution in [1.82, 2.24) is 29.2 Å². The van der Waals surface area contributed by atoms with E-state index in [0.29, 0.717) is 18.4 Å². The van der Waals surface area contributed by atoms with Crippen LogP contribution in [-0.2, 0) is 0 Å². The third kappa shape index (κ3) is 3.07. The first-order valence-corrected chi connectivity index (χ1v) is 9.26. The number of hydrogen-bond acceptors (Lipinski definition) is 6. The van der Waals surface area contributed by atoms with E-state index in [2.05, 4.69) is 31.1 Å². The first-order chi connectivity index (χ1) is 13.3. The van der Waals surface area contributed by atoms with Crippen molar-refractivity contribution in [1.29, 1.82) is 0 Å². The van der Waals surface area contributed by atoms with Gasteiger partial charge in [-0.3, -0.25) is 0 Å². The zero-order valence-electron chi connectivity index (χ0n) is 15.2. The van der Waals surface area contributed by atoms with E-state index in [-0.39, 0.29) is 0 Å². The lowest BCUT2D eigenvalue weighted by Gasteiger charge is -2.33.